The number of hydrogen-bond donors (Lipinski definition) is 6. The van der Waals surface area contributed by atoms with Gasteiger partial charge in [0.2, 0.25) is 0 Å². The van der Waals surface area contributed by atoms with E-state index in [1.807, 2.05) is 0 Å². The van der Waals surface area contributed by atoms with Gasteiger partial charge in [-0.1, -0.05) is 42.5 Å². The van der Waals surface area contributed by atoms with Gasteiger partial charge in [0.15, 0.2) is 0 Å². The first kappa shape index (κ1) is 29.3. The Morgan fingerprint density at radius 2 is 0.630 bits per heavy atom. The number of para-hydroxylation sites is 4. The quantitative estimate of drug-likeness (QED) is 0.116. The molecular weight excluding hydrogens is 584 g/mol. The molecule has 0 saturated heterocycles. The van der Waals surface area contributed by atoms with Gasteiger partial charge < -0.3 is 31.9 Å². The highest BCUT2D eigenvalue weighted by atomic mass is 16.2. The van der Waals surface area contributed by atoms with E-state index < -0.39 is 29.7 Å². The third-order valence-corrected chi connectivity index (χ3v) is 7.00. The molecule has 0 radical (unpaired) electrons. The molecule has 11 nitrogen and oxygen atoms in total. The normalized spacial score (nSPS) is 13.6. The maximum absolute atomic E-state index is 13.2. The molecule has 6 amide bonds. The molecule has 6 bridgehead atoms. The van der Waals surface area contributed by atoms with Crippen LogP contribution in [0.5, 0.6) is 0 Å². The van der Waals surface area contributed by atoms with Crippen LogP contribution in [0.3, 0.4) is 0 Å². The molecule has 1 aliphatic heterocycles. The van der Waals surface area contributed by atoms with Crippen molar-refractivity contribution in [3.63, 3.8) is 0 Å². The number of anilines is 6. The molecule has 5 aromatic carbocycles. The predicted octanol–water partition coefficient (Wildman–Crippen LogP) is 6.65. The lowest BCUT2D eigenvalue weighted by atomic mass is 10.1. The Kier molecular flexibility index (Phi) is 8.20. The van der Waals surface area contributed by atoms with Crippen molar-refractivity contribution >= 4 is 63.8 Å². The number of nitrogens with one attached hydrogen (secondary N) is 6. The molecule has 11 heteroatoms. The molecule has 1 aliphatic rings. The molecule has 6 N–H and O–H groups in total. The largest absolute Gasteiger partial charge is 0.323 e. The van der Waals surface area contributed by atoms with Crippen molar-refractivity contribution < 1.29 is 24.0 Å². The minimum absolute atomic E-state index is 0.224. The lowest BCUT2D eigenvalue weighted by Crippen LogP contribution is -2.22. The highest BCUT2D eigenvalue weighted by Crippen LogP contribution is 2.26. The highest BCUT2D eigenvalue weighted by molar-refractivity contribution is 6.13. The minimum Gasteiger partial charge on any atom is -0.322 e. The second-order valence-corrected chi connectivity index (χ2v) is 10.2. The van der Waals surface area contributed by atoms with Crippen molar-refractivity contribution in [2.24, 2.45) is 0 Å². The topological polar surface area (TPSA) is 158 Å². The Morgan fingerprint density at radius 3 is 1.04 bits per heavy atom. The van der Waals surface area contributed by atoms with Crippen molar-refractivity contribution in [3.05, 3.63) is 144 Å². The van der Waals surface area contributed by atoms with Crippen LogP contribution in [-0.4, -0.2) is 29.7 Å². The van der Waals surface area contributed by atoms with E-state index in [2.05, 4.69) is 31.9 Å². The summed E-state index contributed by atoms with van der Waals surface area (Å²) in [5.41, 5.74) is 3.01. The summed E-state index contributed by atoms with van der Waals surface area (Å²) in [7, 11) is 0. The average molecular weight is 611 g/mol. The van der Waals surface area contributed by atoms with Crippen LogP contribution in [0, 0.1) is 0 Å². The Morgan fingerprint density at radius 1 is 0.304 bits per heavy atom. The fourth-order valence-electron chi connectivity index (χ4n) is 4.75. The van der Waals surface area contributed by atoms with Gasteiger partial charge in [-0.05, 0) is 78.9 Å². The summed E-state index contributed by atoms with van der Waals surface area (Å²) in [6.07, 6.45) is 0. The van der Waals surface area contributed by atoms with Crippen LogP contribution in [0.1, 0.15) is 41.4 Å². The van der Waals surface area contributed by atoms with E-state index in [0.717, 1.165) is 0 Å². The number of fused-ring (bicyclic) bond motifs is 8. The van der Waals surface area contributed by atoms with Gasteiger partial charge in [-0.2, -0.15) is 0 Å². The molecule has 226 valence electrons. The van der Waals surface area contributed by atoms with E-state index in [4.69, 9.17) is 0 Å². The van der Waals surface area contributed by atoms with Crippen LogP contribution >= 0.6 is 0 Å². The first-order valence-corrected chi connectivity index (χ1v) is 14.1. The van der Waals surface area contributed by atoms with Gasteiger partial charge in [0.05, 0.1) is 22.7 Å². The predicted molar refractivity (Wildman–Crippen MR) is 177 cm³/mol. The summed E-state index contributed by atoms with van der Waals surface area (Å²) in [5, 5.41) is 16.6. The number of hydrogen-bond acceptors (Lipinski definition) is 5. The van der Waals surface area contributed by atoms with E-state index in [0.29, 0.717) is 34.1 Å². The van der Waals surface area contributed by atoms with Gasteiger partial charge >= 0.3 is 6.03 Å². The van der Waals surface area contributed by atoms with Crippen LogP contribution in [0.15, 0.2) is 121 Å². The molecule has 0 unspecified atom stereocenters. The monoisotopic (exact) mass is 610 g/mol. The molecule has 6 rings (SSSR count). The molecule has 0 aliphatic carbocycles. The molecular formula is C35H26N6O5. The molecule has 1 heterocycles. The van der Waals surface area contributed by atoms with Gasteiger partial charge in [0.1, 0.15) is 0 Å². The lowest BCUT2D eigenvalue weighted by Gasteiger charge is -2.16. The lowest BCUT2D eigenvalue weighted by molar-refractivity contribution is 0.101. The standard InChI is InChI=1S/C35H26N6O5/c42-31-21-8-5-9-22(18-21)32(43)37-26-13-7-11-24(20-26)34(45)39-28-15-2-4-17-30(28)41-35(46)40-29-16-3-1-14-27(29)38-33(44)23-10-6-12-25(19-23)36-31/h1-20H,(H,36,42)(H,37,43)(H,38,44)(H,39,45)(H2,40,41,46). The summed E-state index contributed by atoms with van der Waals surface area (Å²) in [6.45, 7) is 0. The molecule has 46 heavy (non-hydrogen) atoms. The molecule has 0 atom stereocenters. The highest BCUT2D eigenvalue weighted by Gasteiger charge is 2.17. The second-order valence-electron chi connectivity index (χ2n) is 10.2. The average Bonchev–Trinajstić information content (AvgIpc) is 3.06. The minimum atomic E-state index is -0.615. The summed E-state index contributed by atoms with van der Waals surface area (Å²) in [5.74, 6) is -1.92. The fourth-order valence-corrected chi connectivity index (χ4v) is 4.75. The van der Waals surface area contributed by atoms with Crippen LogP contribution < -0.4 is 31.9 Å². The smallest absolute Gasteiger partial charge is 0.322 e. The van der Waals surface area contributed by atoms with Gasteiger partial charge in [-0.3, -0.25) is 19.2 Å². The Bertz CT molecular complexity index is 1890. The van der Waals surface area contributed by atoms with E-state index in [9.17, 15) is 24.0 Å². The zero-order chi connectivity index (χ0) is 32.0. The van der Waals surface area contributed by atoms with Gasteiger partial charge in [-0.25, -0.2) is 4.79 Å². The van der Waals surface area contributed by atoms with Gasteiger partial charge in [0.25, 0.3) is 23.6 Å². The zero-order valence-corrected chi connectivity index (χ0v) is 24.1. The number of benzene rings is 5. The van der Waals surface area contributed by atoms with Gasteiger partial charge in [-0.15, -0.1) is 0 Å². The van der Waals surface area contributed by atoms with Crippen LogP contribution in [0.25, 0.3) is 0 Å². The Hall–Kier alpha value is -6.75. The van der Waals surface area contributed by atoms with Crippen molar-refractivity contribution in [2.75, 3.05) is 31.9 Å². The first-order valence-electron chi connectivity index (χ1n) is 14.1. The van der Waals surface area contributed by atoms with E-state index in [1.165, 1.54) is 18.2 Å². The third kappa shape index (κ3) is 6.74. The number of carbonyl (C=O) groups is 5. The summed E-state index contributed by atoms with van der Waals surface area (Å²) in [4.78, 5) is 65.7. The maximum atomic E-state index is 13.2. The number of amides is 6. The molecule has 0 aromatic heterocycles. The maximum Gasteiger partial charge on any atom is 0.323 e. The van der Waals surface area contributed by atoms with Crippen LogP contribution in [0.2, 0.25) is 0 Å². The van der Waals surface area contributed by atoms with Gasteiger partial charge in [0, 0.05) is 33.6 Å². The molecule has 0 fully saturated rings. The Labute approximate surface area is 263 Å². The van der Waals surface area contributed by atoms with Crippen molar-refractivity contribution in [1.29, 1.82) is 0 Å². The molecule has 5 aromatic rings. The van der Waals surface area contributed by atoms with Crippen LogP contribution in [-0.2, 0) is 0 Å². The fraction of sp³-hybridized carbons (Fsp3) is 0. The molecule has 0 spiro atoms. The van der Waals surface area contributed by atoms with Crippen molar-refractivity contribution in [2.45, 2.75) is 0 Å². The zero-order valence-electron chi connectivity index (χ0n) is 24.1. The number of carbonyl (C=O) groups excluding carboxylic acids is 5. The summed E-state index contributed by atoms with van der Waals surface area (Å²) >= 11 is 0. The number of rotatable bonds is 0. The SMILES string of the molecule is O=C1Nc2ccccc2NC(=O)c2cccc(c2)NC(=O)c2cccc(c2)C(=O)Nc2cccc(c2)C(=O)Nc2ccccc2N1. The van der Waals surface area contributed by atoms with E-state index >= 15 is 0 Å². The van der Waals surface area contributed by atoms with Crippen molar-refractivity contribution in [1.82, 2.24) is 0 Å². The van der Waals surface area contributed by atoms with E-state index in [-0.39, 0.29) is 22.3 Å². The summed E-state index contributed by atoms with van der Waals surface area (Å²) < 4.78 is 0. The van der Waals surface area contributed by atoms with E-state index in [1.54, 1.807) is 103 Å². The first-order chi connectivity index (χ1) is 22.3. The summed E-state index contributed by atoms with van der Waals surface area (Å²) in [6, 6.07) is 31.6. The second kappa shape index (κ2) is 12.9. The van der Waals surface area contributed by atoms with Crippen molar-refractivity contribution in [3.8, 4) is 0 Å². The Balaban J connectivity index is 1.36. The third-order valence-electron chi connectivity index (χ3n) is 7.00. The molecule has 0 saturated carbocycles. The number of urea groups is 1. The van der Waals surface area contributed by atoms with Crippen LogP contribution in [0.4, 0.5) is 38.9 Å².